The van der Waals surface area contributed by atoms with Gasteiger partial charge in [0.1, 0.15) is 12.2 Å². The highest BCUT2D eigenvalue weighted by Crippen LogP contribution is 1.97. The quantitative estimate of drug-likeness (QED) is 0.734. The first-order valence-electron chi connectivity index (χ1n) is 5.49. The molecule has 0 radical (unpaired) electrons. The molecule has 0 spiro atoms. The van der Waals surface area contributed by atoms with Gasteiger partial charge in [0, 0.05) is 44.5 Å². The Morgan fingerprint density at radius 1 is 1.53 bits per heavy atom. The van der Waals surface area contributed by atoms with Gasteiger partial charge in [-0.15, -0.1) is 10.2 Å². The summed E-state index contributed by atoms with van der Waals surface area (Å²) < 4.78 is 3.62. The van der Waals surface area contributed by atoms with Gasteiger partial charge in [0.05, 0.1) is 6.20 Å². The normalized spacial score (nSPS) is 10.6. The van der Waals surface area contributed by atoms with E-state index in [9.17, 15) is 0 Å². The van der Waals surface area contributed by atoms with E-state index in [1.165, 1.54) is 0 Å². The van der Waals surface area contributed by atoms with E-state index in [4.69, 9.17) is 0 Å². The summed E-state index contributed by atoms with van der Waals surface area (Å²) in [5.41, 5.74) is 1.14. The number of aromatic nitrogens is 5. The molecular weight excluding hydrogens is 216 g/mol. The van der Waals surface area contributed by atoms with Crippen LogP contribution in [0.2, 0.25) is 0 Å². The molecule has 17 heavy (non-hydrogen) atoms. The minimum absolute atomic E-state index is 0.797. The second kappa shape index (κ2) is 5.40. The topological polar surface area (TPSA) is 60.6 Å². The Hall–Kier alpha value is -1.95. The van der Waals surface area contributed by atoms with Crippen LogP contribution in [-0.2, 0) is 20.0 Å². The number of hydrogen-bond donors (Lipinski definition) is 1. The SMILES string of the molecule is C=Cn1cc(CNCCc2nncn2C)cn1. The van der Waals surface area contributed by atoms with Crippen LogP contribution in [0.4, 0.5) is 0 Å². The third-order valence-electron chi connectivity index (χ3n) is 2.50. The molecule has 0 aliphatic rings. The molecule has 0 amide bonds. The molecule has 0 saturated heterocycles. The van der Waals surface area contributed by atoms with Gasteiger partial charge in [-0.25, -0.2) is 4.68 Å². The third-order valence-corrected chi connectivity index (χ3v) is 2.50. The summed E-state index contributed by atoms with van der Waals surface area (Å²) in [7, 11) is 1.95. The fourth-order valence-electron chi connectivity index (χ4n) is 1.53. The first-order valence-corrected chi connectivity index (χ1v) is 5.49. The lowest BCUT2D eigenvalue weighted by Crippen LogP contribution is -2.17. The van der Waals surface area contributed by atoms with Crippen molar-refractivity contribution >= 4 is 6.20 Å². The van der Waals surface area contributed by atoms with E-state index in [1.54, 1.807) is 17.2 Å². The Morgan fingerprint density at radius 3 is 3.06 bits per heavy atom. The molecule has 2 rings (SSSR count). The van der Waals surface area contributed by atoms with E-state index in [1.807, 2.05) is 24.0 Å². The Labute approximate surface area is 100.0 Å². The van der Waals surface area contributed by atoms with Crippen molar-refractivity contribution in [1.29, 1.82) is 0 Å². The van der Waals surface area contributed by atoms with Gasteiger partial charge in [0.25, 0.3) is 0 Å². The molecule has 0 aromatic carbocycles. The highest BCUT2D eigenvalue weighted by atomic mass is 15.3. The lowest BCUT2D eigenvalue weighted by atomic mass is 10.3. The molecule has 0 atom stereocenters. The smallest absolute Gasteiger partial charge is 0.133 e. The zero-order valence-electron chi connectivity index (χ0n) is 9.87. The van der Waals surface area contributed by atoms with E-state index >= 15 is 0 Å². The van der Waals surface area contributed by atoms with E-state index in [-0.39, 0.29) is 0 Å². The summed E-state index contributed by atoms with van der Waals surface area (Å²) in [5.74, 6) is 0.985. The molecule has 2 aromatic heterocycles. The number of nitrogens with zero attached hydrogens (tertiary/aromatic N) is 5. The molecule has 2 heterocycles. The van der Waals surface area contributed by atoms with Crippen molar-refractivity contribution in [3.05, 3.63) is 36.7 Å². The maximum atomic E-state index is 4.11. The van der Waals surface area contributed by atoms with Crippen LogP contribution in [0.5, 0.6) is 0 Å². The summed E-state index contributed by atoms with van der Waals surface area (Å²) in [5, 5.41) is 15.3. The minimum atomic E-state index is 0.797. The third kappa shape index (κ3) is 3.01. The Morgan fingerprint density at radius 2 is 2.41 bits per heavy atom. The Kier molecular flexibility index (Phi) is 3.66. The monoisotopic (exact) mass is 232 g/mol. The number of nitrogens with one attached hydrogen (secondary N) is 1. The summed E-state index contributed by atoms with van der Waals surface area (Å²) in [6, 6.07) is 0. The van der Waals surface area contributed by atoms with Crippen LogP contribution >= 0.6 is 0 Å². The van der Waals surface area contributed by atoms with Crippen LogP contribution in [0.25, 0.3) is 6.20 Å². The van der Waals surface area contributed by atoms with Crippen LogP contribution in [0.3, 0.4) is 0 Å². The molecule has 0 aliphatic heterocycles. The molecule has 0 aliphatic carbocycles. The molecule has 0 bridgehead atoms. The van der Waals surface area contributed by atoms with Crippen molar-refractivity contribution in [2.45, 2.75) is 13.0 Å². The number of hydrogen-bond acceptors (Lipinski definition) is 4. The van der Waals surface area contributed by atoms with Crippen LogP contribution in [-0.4, -0.2) is 31.1 Å². The van der Waals surface area contributed by atoms with Gasteiger partial charge < -0.3 is 9.88 Å². The van der Waals surface area contributed by atoms with E-state index in [0.717, 1.165) is 30.9 Å². The minimum Gasteiger partial charge on any atom is -0.321 e. The second-order valence-electron chi connectivity index (χ2n) is 3.80. The van der Waals surface area contributed by atoms with Gasteiger partial charge in [0.2, 0.25) is 0 Å². The molecule has 90 valence electrons. The molecule has 6 heteroatoms. The molecule has 0 fully saturated rings. The van der Waals surface area contributed by atoms with Crippen molar-refractivity contribution in [1.82, 2.24) is 29.9 Å². The van der Waals surface area contributed by atoms with Gasteiger partial charge >= 0.3 is 0 Å². The Balaban J connectivity index is 1.73. The maximum Gasteiger partial charge on any atom is 0.133 e. The lowest BCUT2D eigenvalue weighted by Gasteiger charge is -2.02. The molecule has 1 N–H and O–H groups in total. The Bertz CT molecular complexity index is 484. The van der Waals surface area contributed by atoms with Crippen LogP contribution in [0.1, 0.15) is 11.4 Å². The fraction of sp³-hybridized carbons (Fsp3) is 0.364. The van der Waals surface area contributed by atoms with E-state index in [0.29, 0.717) is 0 Å². The molecule has 6 nitrogen and oxygen atoms in total. The second-order valence-corrected chi connectivity index (χ2v) is 3.80. The van der Waals surface area contributed by atoms with Gasteiger partial charge in [-0.1, -0.05) is 6.58 Å². The number of aryl methyl sites for hydroxylation is 1. The van der Waals surface area contributed by atoms with Crippen LogP contribution < -0.4 is 5.32 Å². The van der Waals surface area contributed by atoms with Crippen LogP contribution in [0.15, 0.2) is 25.3 Å². The predicted octanol–water partition coefficient (Wildman–Crippen LogP) is 0.444. The highest BCUT2D eigenvalue weighted by molar-refractivity contribution is 5.17. The van der Waals surface area contributed by atoms with E-state index < -0.39 is 0 Å². The maximum absolute atomic E-state index is 4.11. The largest absolute Gasteiger partial charge is 0.321 e. The van der Waals surface area contributed by atoms with Crippen molar-refractivity contribution < 1.29 is 0 Å². The van der Waals surface area contributed by atoms with E-state index in [2.05, 4.69) is 27.2 Å². The van der Waals surface area contributed by atoms with Gasteiger partial charge in [-0.2, -0.15) is 5.10 Å². The standard InChI is InChI=1S/C11H16N6/c1-3-17-8-10(7-14-17)6-12-5-4-11-15-13-9-16(11)2/h3,7-9,12H,1,4-6H2,2H3. The summed E-state index contributed by atoms with van der Waals surface area (Å²) >= 11 is 0. The highest BCUT2D eigenvalue weighted by Gasteiger charge is 2.00. The van der Waals surface area contributed by atoms with Crippen molar-refractivity contribution in [2.24, 2.45) is 7.05 Å². The van der Waals surface area contributed by atoms with Crippen molar-refractivity contribution in [3.63, 3.8) is 0 Å². The molecule has 2 aromatic rings. The summed E-state index contributed by atoms with van der Waals surface area (Å²) in [6.45, 7) is 5.31. The number of rotatable bonds is 6. The van der Waals surface area contributed by atoms with Gasteiger partial charge in [0.15, 0.2) is 0 Å². The first-order chi connectivity index (χ1) is 8.29. The van der Waals surface area contributed by atoms with Crippen molar-refractivity contribution in [3.8, 4) is 0 Å². The average molecular weight is 232 g/mol. The first kappa shape index (κ1) is 11.5. The van der Waals surface area contributed by atoms with Crippen molar-refractivity contribution in [2.75, 3.05) is 6.54 Å². The van der Waals surface area contributed by atoms with Crippen LogP contribution in [0, 0.1) is 0 Å². The predicted molar refractivity (Wildman–Crippen MR) is 65.0 cm³/mol. The van der Waals surface area contributed by atoms with Gasteiger partial charge in [-0.05, 0) is 0 Å². The molecule has 0 unspecified atom stereocenters. The summed E-state index contributed by atoms with van der Waals surface area (Å²) in [4.78, 5) is 0. The average Bonchev–Trinajstić information content (AvgIpc) is 2.94. The zero-order chi connectivity index (χ0) is 12.1. The van der Waals surface area contributed by atoms with Gasteiger partial charge in [-0.3, -0.25) is 0 Å². The lowest BCUT2D eigenvalue weighted by molar-refractivity contribution is 0.654. The molecular formula is C11H16N6. The zero-order valence-corrected chi connectivity index (χ0v) is 9.87. The molecule has 0 saturated carbocycles. The fourth-order valence-corrected chi connectivity index (χ4v) is 1.53. The summed E-state index contributed by atoms with van der Waals surface area (Å²) in [6.07, 6.45) is 8.03.